The lowest BCUT2D eigenvalue weighted by Gasteiger charge is -2.31. The van der Waals surface area contributed by atoms with Gasteiger partial charge in [-0.15, -0.1) is 0 Å². The van der Waals surface area contributed by atoms with Crippen LogP contribution in [0.4, 0.5) is 0 Å². The highest BCUT2D eigenvalue weighted by atomic mass is 32.2. The molecular weight excluding hydrogens is 316 g/mol. The minimum atomic E-state index is -3.05. The van der Waals surface area contributed by atoms with E-state index < -0.39 is 10.0 Å². The molecule has 1 amide bonds. The maximum absolute atomic E-state index is 12.2. The Bertz CT molecular complexity index is 654. The van der Waals surface area contributed by atoms with Crippen LogP contribution in [0.3, 0.4) is 0 Å². The fourth-order valence-corrected chi connectivity index (χ4v) is 4.67. The van der Waals surface area contributed by atoms with Crippen LogP contribution in [0.2, 0.25) is 0 Å². The van der Waals surface area contributed by atoms with Crippen LogP contribution in [0.1, 0.15) is 31.4 Å². The van der Waals surface area contributed by atoms with Gasteiger partial charge in [0.25, 0.3) is 0 Å². The third-order valence-corrected chi connectivity index (χ3v) is 6.78. The lowest BCUT2D eigenvalue weighted by atomic mass is 9.98. The summed E-state index contributed by atoms with van der Waals surface area (Å²) in [6, 6.07) is 3.54. The van der Waals surface area contributed by atoms with Gasteiger partial charge in [-0.2, -0.15) is 0 Å². The first kappa shape index (κ1) is 16.3. The molecule has 23 heavy (non-hydrogen) atoms. The molecule has 2 aliphatic rings. The number of hydrogen-bond acceptors (Lipinski definition) is 4. The molecule has 0 aromatic carbocycles. The number of rotatable bonds is 6. The number of piperidine rings is 1. The lowest BCUT2D eigenvalue weighted by Crippen LogP contribution is -2.42. The van der Waals surface area contributed by atoms with Gasteiger partial charge in [0.2, 0.25) is 15.9 Å². The van der Waals surface area contributed by atoms with E-state index in [0.717, 1.165) is 25.7 Å². The van der Waals surface area contributed by atoms with Crippen molar-refractivity contribution >= 4 is 22.0 Å². The molecule has 7 heteroatoms. The highest BCUT2D eigenvalue weighted by Crippen LogP contribution is 2.32. The van der Waals surface area contributed by atoms with Gasteiger partial charge in [0, 0.05) is 25.7 Å². The molecule has 1 aliphatic carbocycles. The Morgan fingerprint density at radius 2 is 2.04 bits per heavy atom. The minimum Gasteiger partial charge on any atom is -0.465 e. The number of amides is 1. The first-order chi connectivity index (χ1) is 11.1. The Morgan fingerprint density at radius 1 is 1.30 bits per heavy atom. The Hall–Kier alpha value is -1.60. The second kappa shape index (κ2) is 6.88. The van der Waals surface area contributed by atoms with Crippen molar-refractivity contribution < 1.29 is 17.6 Å². The van der Waals surface area contributed by atoms with Crippen LogP contribution in [0, 0.1) is 5.92 Å². The van der Waals surface area contributed by atoms with Gasteiger partial charge < -0.3 is 9.73 Å². The zero-order chi connectivity index (χ0) is 16.3. The fraction of sp³-hybridized carbons (Fsp3) is 0.562. The van der Waals surface area contributed by atoms with E-state index in [-0.39, 0.29) is 11.2 Å². The molecule has 6 nitrogen and oxygen atoms in total. The first-order valence-corrected chi connectivity index (χ1v) is 9.54. The maximum Gasteiger partial charge on any atom is 0.244 e. The van der Waals surface area contributed by atoms with Crippen molar-refractivity contribution in [2.24, 2.45) is 5.92 Å². The van der Waals surface area contributed by atoms with Crippen molar-refractivity contribution in [2.75, 3.05) is 19.6 Å². The van der Waals surface area contributed by atoms with Gasteiger partial charge in [-0.3, -0.25) is 4.79 Å². The van der Waals surface area contributed by atoms with Crippen molar-refractivity contribution in [3.63, 3.8) is 0 Å². The van der Waals surface area contributed by atoms with E-state index in [1.165, 1.54) is 6.08 Å². The van der Waals surface area contributed by atoms with Gasteiger partial charge in [0.05, 0.1) is 11.5 Å². The van der Waals surface area contributed by atoms with Crippen LogP contribution >= 0.6 is 0 Å². The summed E-state index contributed by atoms with van der Waals surface area (Å²) in [7, 11) is -3.05. The molecular formula is C16H22N2O4S. The first-order valence-electron chi connectivity index (χ1n) is 8.04. The van der Waals surface area contributed by atoms with Crippen LogP contribution in [-0.2, 0) is 14.8 Å². The number of furan rings is 1. The molecule has 0 radical (unpaired) electrons. The van der Waals surface area contributed by atoms with E-state index in [4.69, 9.17) is 4.42 Å². The van der Waals surface area contributed by atoms with Gasteiger partial charge in [-0.05, 0) is 49.8 Å². The number of nitrogens with one attached hydrogen (secondary N) is 1. The summed E-state index contributed by atoms with van der Waals surface area (Å²) in [4.78, 5) is 11.8. The average Bonchev–Trinajstić information content (AvgIpc) is 3.29. The van der Waals surface area contributed by atoms with Gasteiger partial charge in [-0.25, -0.2) is 12.7 Å². The molecule has 1 aromatic heterocycles. The summed E-state index contributed by atoms with van der Waals surface area (Å²) in [6.45, 7) is 1.72. The van der Waals surface area contributed by atoms with Crippen LogP contribution in [0.5, 0.6) is 0 Å². The van der Waals surface area contributed by atoms with E-state index >= 15 is 0 Å². The van der Waals surface area contributed by atoms with E-state index in [0.29, 0.717) is 31.3 Å². The third kappa shape index (κ3) is 4.23. The number of carbonyl (C=O) groups excluding carboxylic acids is 1. The predicted octanol–water partition coefficient (Wildman–Crippen LogP) is 1.61. The Morgan fingerprint density at radius 3 is 2.65 bits per heavy atom. The second-order valence-electron chi connectivity index (χ2n) is 6.18. The number of nitrogens with zero attached hydrogens (tertiary/aromatic N) is 1. The zero-order valence-corrected chi connectivity index (χ0v) is 13.8. The van der Waals surface area contributed by atoms with Crippen molar-refractivity contribution in [2.45, 2.75) is 30.9 Å². The van der Waals surface area contributed by atoms with Crippen molar-refractivity contribution in [3.8, 4) is 0 Å². The smallest absolute Gasteiger partial charge is 0.244 e. The summed E-state index contributed by atoms with van der Waals surface area (Å²) < 4.78 is 31.1. The van der Waals surface area contributed by atoms with E-state index in [2.05, 4.69) is 5.32 Å². The van der Waals surface area contributed by atoms with Crippen LogP contribution in [0.15, 0.2) is 28.9 Å². The maximum atomic E-state index is 12.2. The molecule has 0 bridgehead atoms. The van der Waals surface area contributed by atoms with Crippen LogP contribution in [0.25, 0.3) is 6.08 Å². The molecule has 1 aromatic rings. The highest BCUT2D eigenvalue weighted by Gasteiger charge is 2.41. The third-order valence-electron chi connectivity index (χ3n) is 4.39. The van der Waals surface area contributed by atoms with Gasteiger partial charge in [0.1, 0.15) is 5.76 Å². The van der Waals surface area contributed by atoms with Gasteiger partial charge in [0.15, 0.2) is 0 Å². The van der Waals surface area contributed by atoms with Crippen LogP contribution < -0.4 is 5.32 Å². The largest absolute Gasteiger partial charge is 0.465 e. The second-order valence-corrected chi connectivity index (χ2v) is 8.39. The van der Waals surface area contributed by atoms with Gasteiger partial charge in [-0.1, -0.05) is 0 Å². The molecule has 0 atom stereocenters. The number of hydrogen-bond donors (Lipinski definition) is 1. The number of carbonyl (C=O) groups is 1. The minimum absolute atomic E-state index is 0.134. The SMILES string of the molecule is O=C(/C=C/c1ccco1)NCC1CCN(S(=O)(=O)C2CC2)CC1. The van der Waals surface area contributed by atoms with Crippen molar-refractivity contribution in [3.05, 3.63) is 30.2 Å². The Labute approximate surface area is 136 Å². The average molecular weight is 338 g/mol. The predicted molar refractivity (Wildman–Crippen MR) is 87.0 cm³/mol. The molecule has 3 rings (SSSR count). The van der Waals surface area contributed by atoms with E-state index in [9.17, 15) is 13.2 Å². The molecule has 1 saturated carbocycles. The highest BCUT2D eigenvalue weighted by molar-refractivity contribution is 7.90. The molecule has 1 saturated heterocycles. The van der Waals surface area contributed by atoms with Crippen molar-refractivity contribution in [1.29, 1.82) is 0 Å². The summed E-state index contributed by atoms with van der Waals surface area (Å²) >= 11 is 0. The fourth-order valence-electron chi connectivity index (χ4n) is 2.79. The summed E-state index contributed by atoms with van der Waals surface area (Å²) in [5.74, 6) is 0.815. The summed E-state index contributed by atoms with van der Waals surface area (Å²) in [5, 5.41) is 2.73. The standard InChI is InChI=1S/C16H22N2O4S/c19-16(6-3-14-2-1-11-22-14)17-12-13-7-9-18(10-8-13)23(20,21)15-4-5-15/h1-3,6,11,13,15H,4-5,7-10,12H2,(H,17,19)/b6-3+. The molecule has 2 fully saturated rings. The molecule has 0 spiro atoms. The Balaban J connectivity index is 1.40. The summed E-state index contributed by atoms with van der Waals surface area (Å²) in [6.07, 6.45) is 7.84. The quantitative estimate of drug-likeness (QED) is 0.799. The van der Waals surface area contributed by atoms with Crippen LogP contribution in [-0.4, -0.2) is 43.5 Å². The van der Waals surface area contributed by atoms with Crippen molar-refractivity contribution in [1.82, 2.24) is 9.62 Å². The molecule has 0 unspecified atom stereocenters. The molecule has 2 heterocycles. The molecule has 1 N–H and O–H groups in total. The van der Waals surface area contributed by atoms with E-state index in [1.54, 1.807) is 28.8 Å². The monoisotopic (exact) mass is 338 g/mol. The summed E-state index contributed by atoms with van der Waals surface area (Å²) in [5.41, 5.74) is 0. The normalized spacial score (nSPS) is 20.9. The zero-order valence-electron chi connectivity index (χ0n) is 13.0. The van der Waals surface area contributed by atoms with Gasteiger partial charge >= 0.3 is 0 Å². The van der Waals surface area contributed by atoms with E-state index in [1.807, 2.05) is 0 Å². The lowest BCUT2D eigenvalue weighted by molar-refractivity contribution is -0.116. The topological polar surface area (TPSA) is 79.6 Å². The Kier molecular flexibility index (Phi) is 4.87. The number of sulfonamides is 1. The molecule has 126 valence electrons. The molecule has 1 aliphatic heterocycles.